The Bertz CT molecular complexity index is 2010. The SMILES string of the molecule is CON=C(C(=O)NC1C(=O)N2C1CSC(O[Si](C)(C)C(C)(C)C)C2(O)C(=O)OC(C)(C)C)c1csc(NC(c2ccccc2)(c2ccccc2)c2ccccc2)n1. The number of aliphatic hydroxyl groups is 1. The van der Waals surface area contributed by atoms with Crippen LogP contribution in [0.25, 0.3) is 0 Å². The second-order valence-electron chi connectivity index (χ2n) is 16.6. The highest BCUT2D eigenvalue weighted by molar-refractivity contribution is 8.00. The number of benzene rings is 3. The molecule has 2 saturated heterocycles. The lowest BCUT2D eigenvalue weighted by molar-refractivity contribution is -0.232. The van der Waals surface area contributed by atoms with Gasteiger partial charge in [0, 0.05) is 11.1 Å². The molecule has 2 aliphatic rings. The first-order valence-electron chi connectivity index (χ1n) is 18.7. The molecule has 4 aromatic rings. The van der Waals surface area contributed by atoms with Gasteiger partial charge in [0.15, 0.2) is 24.6 Å². The van der Waals surface area contributed by atoms with Crippen molar-refractivity contribution >= 4 is 60.0 Å². The van der Waals surface area contributed by atoms with Crippen LogP contribution in [0.15, 0.2) is 102 Å². The predicted octanol–water partition coefficient (Wildman–Crippen LogP) is 6.72. The number of esters is 1. The summed E-state index contributed by atoms with van der Waals surface area (Å²) < 4.78 is 12.3. The van der Waals surface area contributed by atoms with Gasteiger partial charge >= 0.3 is 5.97 Å². The maximum absolute atomic E-state index is 14.0. The Balaban J connectivity index is 1.28. The summed E-state index contributed by atoms with van der Waals surface area (Å²) in [5, 5.41) is 24.7. The first kappa shape index (κ1) is 42.1. The Morgan fingerprint density at radius 3 is 1.91 bits per heavy atom. The Morgan fingerprint density at radius 1 is 0.912 bits per heavy atom. The summed E-state index contributed by atoms with van der Waals surface area (Å²) in [4.78, 5) is 52.9. The molecule has 3 heterocycles. The number of nitrogens with one attached hydrogen (secondary N) is 2. The molecule has 57 heavy (non-hydrogen) atoms. The Morgan fingerprint density at radius 2 is 1.44 bits per heavy atom. The van der Waals surface area contributed by atoms with Crippen LogP contribution < -0.4 is 10.6 Å². The zero-order valence-electron chi connectivity index (χ0n) is 33.7. The number of hydrogen-bond acceptors (Lipinski definition) is 12. The molecule has 15 heteroatoms. The van der Waals surface area contributed by atoms with Gasteiger partial charge in [-0.1, -0.05) is 117 Å². The maximum Gasteiger partial charge on any atom is 0.364 e. The van der Waals surface area contributed by atoms with Crippen molar-refractivity contribution in [3.8, 4) is 0 Å². The van der Waals surface area contributed by atoms with Crippen molar-refractivity contribution in [3.63, 3.8) is 0 Å². The van der Waals surface area contributed by atoms with E-state index in [2.05, 4.69) is 73.0 Å². The van der Waals surface area contributed by atoms with Crippen molar-refractivity contribution in [2.45, 2.75) is 94.1 Å². The summed E-state index contributed by atoms with van der Waals surface area (Å²) in [5.41, 5.74) is -2.36. The number of nitrogens with zero attached hydrogens (tertiary/aromatic N) is 3. The summed E-state index contributed by atoms with van der Waals surface area (Å²) in [5.74, 6) is -2.07. The van der Waals surface area contributed by atoms with E-state index in [-0.39, 0.29) is 22.2 Å². The fraction of sp³-hybridized carbons (Fsp3) is 0.405. The first-order valence-corrected chi connectivity index (χ1v) is 23.6. The lowest BCUT2D eigenvalue weighted by atomic mass is 9.77. The van der Waals surface area contributed by atoms with Crippen LogP contribution in [0.4, 0.5) is 5.13 Å². The number of fused-ring (bicyclic) bond motifs is 1. The van der Waals surface area contributed by atoms with Crippen LogP contribution in [-0.2, 0) is 33.9 Å². The van der Waals surface area contributed by atoms with Gasteiger partial charge in [0.2, 0.25) is 0 Å². The minimum Gasteiger partial charge on any atom is -0.456 e. The fourth-order valence-electron chi connectivity index (χ4n) is 6.71. The molecule has 4 atom stereocenters. The smallest absolute Gasteiger partial charge is 0.364 e. The van der Waals surface area contributed by atoms with Crippen LogP contribution in [0.5, 0.6) is 0 Å². The highest BCUT2D eigenvalue weighted by Gasteiger charge is 2.68. The van der Waals surface area contributed by atoms with E-state index in [1.807, 2.05) is 67.7 Å². The van der Waals surface area contributed by atoms with E-state index in [4.69, 9.17) is 19.0 Å². The molecule has 2 amide bonds. The molecule has 3 aromatic carbocycles. The van der Waals surface area contributed by atoms with Crippen LogP contribution in [0.3, 0.4) is 0 Å². The molecule has 0 bridgehead atoms. The van der Waals surface area contributed by atoms with Gasteiger partial charge in [-0.3, -0.25) is 14.5 Å². The number of carbonyl (C=O) groups excluding carboxylic acids is 3. The molecule has 2 aliphatic heterocycles. The number of amides is 2. The summed E-state index contributed by atoms with van der Waals surface area (Å²) in [6.45, 7) is 15.2. The van der Waals surface area contributed by atoms with Gasteiger partial charge in [-0.25, -0.2) is 9.78 Å². The van der Waals surface area contributed by atoms with Crippen molar-refractivity contribution in [1.82, 2.24) is 15.2 Å². The Hall–Kier alpha value is -4.54. The minimum absolute atomic E-state index is 0.150. The molecule has 2 fully saturated rings. The minimum atomic E-state index is -2.55. The molecule has 302 valence electrons. The largest absolute Gasteiger partial charge is 0.456 e. The molecular formula is C42H51N5O7S2Si. The van der Waals surface area contributed by atoms with E-state index < -0.39 is 60.5 Å². The monoisotopic (exact) mass is 829 g/mol. The fourth-order valence-corrected chi connectivity index (χ4v) is 10.7. The number of carbonyl (C=O) groups is 3. The van der Waals surface area contributed by atoms with Gasteiger partial charge < -0.3 is 29.7 Å². The lowest BCUT2D eigenvalue weighted by Crippen LogP contribution is -2.84. The molecule has 12 nitrogen and oxygen atoms in total. The zero-order valence-corrected chi connectivity index (χ0v) is 36.4. The van der Waals surface area contributed by atoms with E-state index in [9.17, 15) is 19.5 Å². The number of aromatic nitrogens is 1. The number of β-lactam (4-membered cyclic amide) rings is 1. The van der Waals surface area contributed by atoms with E-state index in [1.165, 1.54) is 30.2 Å². The quantitative estimate of drug-likeness (QED) is 0.0351. The number of thioether (sulfide) groups is 1. The van der Waals surface area contributed by atoms with Crippen molar-refractivity contribution in [2.24, 2.45) is 5.16 Å². The van der Waals surface area contributed by atoms with Crippen LogP contribution >= 0.6 is 23.1 Å². The van der Waals surface area contributed by atoms with Crippen LogP contribution in [0, 0.1) is 0 Å². The number of oxime groups is 1. The molecule has 0 aliphatic carbocycles. The molecule has 6 rings (SSSR count). The first-order chi connectivity index (χ1) is 26.8. The van der Waals surface area contributed by atoms with Gasteiger partial charge in [0.1, 0.15) is 30.0 Å². The van der Waals surface area contributed by atoms with E-state index in [0.29, 0.717) is 5.13 Å². The van der Waals surface area contributed by atoms with E-state index in [1.54, 1.807) is 26.2 Å². The highest BCUT2D eigenvalue weighted by Crippen LogP contribution is 2.48. The summed E-state index contributed by atoms with van der Waals surface area (Å²) in [6.07, 6.45) is 0. The van der Waals surface area contributed by atoms with Crippen LogP contribution in [-0.4, -0.2) is 88.5 Å². The third-order valence-corrected chi connectivity index (χ3v) is 17.2. The molecule has 1 aromatic heterocycles. The van der Waals surface area contributed by atoms with E-state index in [0.717, 1.165) is 21.6 Å². The molecule has 4 unspecified atom stereocenters. The average Bonchev–Trinajstić information content (AvgIpc) is 3.63. The van der Waals surface area contributed by atoms with Gasteiger partial charge in [0.25, 0.3) is 17.5 Å². The average molecular weight is 830 g/mol. The lowest BCUT2D eigenvalue weighted by Gasteiger charge is -2.59. The van der Waals surface area contributed by atoms with Crippen molar-refractivity contribution < 1.29 is 33.5 Å². The third-order valence-electron chi connectivity index (χ3n) is 10.6. The van der Waals surface area contributed by atoms with Crippen LogP contribution in [0.2, 0.25) is 18.1 Å². The normalized spacial score (nSPS) is 21.6. The Labute approximate surface area is 343 Å². The molecular weight excluding hydrogens is 779 g/mol. The van der Waals surface area contributed by atoms with Crippen molar-refractivity contribution in [3.05, 3.63) is 119 Å². The number of anilines is 1. The number of thiazole rings is 1. The molecule has 0 saturated carbocycles. The summed E-state index contributed by atoms with van der Waals surface area (Å²) in [7, 11) is -1.23. The topological polar surface area (TPSA) is 152 Å². The summed E-state index contributed by atoms with van der Waals surface area (Å²) in [6, 6.07) is 28.3. The third kappa shape index (κ3) is 8.13. The number of ether oxygens (including phenoxy) is 1. The second kappa shape index (κ2) is 16.0. The van der Waals surface area contributed by atoms with Gasteiger partial charge in [0.05, 0.1) is 6.04 Å². The van der Waals surface area contributed by atoms with Gasteiger partial charge in [-0.05, 0) is 55.6 Å². The van der Waals surface area contributed by atoms with Crippen molar-refractivity contribution in [2.75, 3.05) is 18.2 Å². The second-order valence-corrected chi connectivity index (χ2v) is 23.3. The number of rotatable bonds is 12. The molecule has 0 spiro atoms. The maximum atomic E-state index is 14.0. The van der Waals surface area contributed by atoms with E-state index >= 15 is 0 Å². The predicted molar refractivity (Wildman–Crippen MR) is 226 cm³/mol. The standard InChI is InChI=1S/C42H51N5O7S2Si/c1-39(2,3)53-36(50)42(51)37(54-57(8,9)40(4,5)6)55-26-31-33(35(49)47(31)42)44-34(48)32(46-52-7)30-25-56-38(43-30)45-41(27-19-13-10-14-20-27,28-21-15-11-16-22-28)29-23-17-12-18-24-29/h10-25,31,33,37,51H,26H2,1-9H3,(H,43,45)(H,44,48). The van der Waals surface area contributed by atoms with Crippen molar-refractivity contribution in [1.29, 1.82) is 0 Å². The summed E-state index contributed by atoms with van der Waals surface area (Å²) >= 11 is 2.51. The highest BCUT2D eigenvalue weighted by atomic mass is 32.2. The van der Waals surface area contributed by atoms with Gasteiger partial charge in [-0.2, -0.15) is 0 Å². The molecule has 3 N–H and O–H groups in total. The van der Waals surface area contributed by atoms with Crippen LogP contribution in [0.1, 0.15) is 63.9 Å². The zero-order chi connectivity index (χ0) is 41.4. The van der Waals surface area contributed by atoms with Gasteiger partial charge in [-0.15, -0.1) is 23.1 Å². The number of hydrogen-bond donors (Lipinski definition) is 3. The Kier molecular flexibility index (Phi) is 11.8. The molecule has 0 radical (unpaired) electrons.